The van der Waals surface area contributed by atoms with E-state index < -0.39 is 17.2 Å². The molecule has 0 saturated carbocycles. The van der Waals surface area contributed by atoms with E-state index in [9.17, 15) is 9.59 Å². The van der Waals surface area contributed by atoms with Gasteiger partial charge in [-0.1, -0.05) is 0 Å². The predicted molar refractivity (Wildman–Crippen MR) is 60.0 cm³/mol. The molecule has 0 radical (unpaired) electrons. The van der Waals surface area contributed by atoms with Crippen LogP contribution < -0.4 is 10.6 Å². The topological polar surface area (TPSA) is 91.2 Å². The number of amides is 2. The molecule has 1 aliphatic heterocycles. The monoisotopic (exact) mass is 239 g/mol. The van der Waals surface area contributed by atoms with Crippen LogP contribution in [0.1, 0.15) is 33.6 Å². The van der Waals surface area contributed by atoms with Crippen molar-refractivity contribution in [2.75, 3.05) is 6.54 Å². The molecule has 2 amide bonds. The van der Waals surface area contributed by atoms with Gasteiger partial charge in [0.2, 0.25) is 5.91 Å². The lowest BCUT2D eigenvalue weighted by molar-refractivity contribution is -0.124. The molecule has 0 spiro atoms. The number of hydrogen-bond acceptors (Lipinski definition) is 4. The lowest BCUT2D eigenvalue weighted by atomic mass is 9.94. The van der Waals surface area contributed by atoms with E-state index in [2.05, 4.69) is 10.6 Å². The molecule has 94 valence electrons. The normalized spacial score (nSPS) is 23.8. The van der Waals surface area contributed by atoms with E-state index >= 15 is 0 Å². The van der Waals surface area contributed by atoms with E-state index in [0.717, 1.165) is 0 Å². The van der Waals surface area contributed by atoms with E-state index in [0.29, 0.717) is 13.0 Å². The van der Waals surface area contributed by atoms with Crippen LogP contribution >= 0.6 is 0 Å². The van der Waals surface area contributed by atoms with Gasteiger partial charge in [-0.2, -0.15) is 5.26 Å². The number of nitriles is 1. The second kappa shape index (κ2) is 4.62. The molecule has 0 aromatic rings. The highest BCUT2D eigenvalue weighted by molar-refractivity contribution is 5.92. The van der Waals surface area contributed by atoms with E-state index in [1.165, 1.54) is 0 Å². The highest BCUT2D eigenvalue weighted by Crippen LogP contribution is 2.21. The van der Waals surface area contributed by atoms with Gasteiger partial charge in [0.1, 0.15) is 11.1 Å². The van der Waals surface area contributed by atoms with Gasteiger partial charge in [0.05, 0.1) is 12.5 Å². The van der Waals surface area contributed by atoms with Crippen LogP contribution in [-0.4, -0.2) is 29.7 Å². The number of nitrogens with one attached hydrogen (secondary N) is 2. The van der Waals surface area contributed by atoms with Crippen molar-refractivity contribution in [3.05, 3.63) is 0 Å². The molecule has 0 aromatic heterocycles. The van der Waals surface area contributed by atoms with Crippen molar-refractivity contribution >= 4 is 12.0 Å². The van der Waals surface area contributed by atoms with Crippen LogP contribution in [0.4, 0.5) is 4.79 Å². The lowest BCUT2D eigenvalue weighted by Gasteiger charge is -2.27. The maximum atomic E-state index is 11.7. The molecule has 0 unspecified atom stereocenters. The largest absolute Gasteiger partial charge is 0.444 e. The van der Waals surface area contributed by atoms with Crippen molar-refractivity contribution < 1.29 is 14.3 Å². The first kappa shape index (κ1) is 13.3. The van der Waals surface area contributed by atoms with Crippen molar-refractivity contribution in [1.29, 1.82) is 5.26 Å². The van der Waals surface area contributed by atoms with Crippen LogP contribution in [0.15, 0.2) is 0 Å². The molecule has 2 N–H and O–H groups in total. The Morgan fingerprint density at radius 1 is 1.65 bits per heavy atom. The van der Waals surface area contributed by atoms with Gasteiger partial charge < -0.3 is 15.4 Å². The summed E-state index contributed by atoms with van der Waals surface area (Å²) in [4.78, 5) is 23.3. The van der Waals surface area contributed by atoms with Gasteiger partial charge in [0, 0.05) is 6.54 Å². The summed E-state index contributed by atoms with van der Waals surface area (Å²) in [5, 5.41) is 13.8. The summed E-state index contributed by atoms with van der Waals surface area (Å²) in [5.74, 6) is -0.329. The Morgan fingerprint density at radius 3 is 2.71 bits per heavy atom. The molecule has 6 nitrogen and oxygen atoms in total. The van der Waals surface area contributed by atoms with Gasteiger partial charge >= 0.3 is 6.09 Å². The van der Waals surface area contributed by atoms with Crippen molar-refractivity contribution in [2.24, 2.45) is 0 Å². The second-order valence-corrected chi connectivity index (χ2v) is 5.05. The second-order valence-electron chi connectivity index (χ2n) is 5.05. The van der Waals surface area contributed by atoms with Crippen molar-refractivity contribution in [2.45, 2.75) is 44.8 Å². The number of nitrogens with zero attached hydrogens (tertiary/aromatic N) is 1. The number of carbonyl (C=O) groups excluding carboxylic acids is 2. The smallest absolute Gasteiger partial charge is 0.408 e. The Labute approximate surface area is 100 Å². The van der Waals surface area contributed by atoms with E-state index in [1.807, 2.05) is 6.07 Å². The SMILES string of the molecule is CC(C)(C)OC(=O)N[C@]1(CC#N)CCNC1=O. The van der Waals surface area contributed by atoms with E-state index in [-0.39, 0.29) is 12.3 Å². The zero-order valence-electron chi connectivity index (χ0n) is 10.3. The van der Waals surface area contributed by atoms with Gasteiger partial charge in [-0.3, -0.25) is 4.79 Å². The summed E-state index contributed by atoms with van der Waals surface area (Å²) < 4.78 is 5.08. The minimum atomic E-state index is -1.14. The Bertz CT molecular complexity index is 367. The summed E-state index contributed by atoms with van der Waals surface area (Å²) in [6, 6.07) is 1.92. The Hall–Kier alpha value is -1.77. The molecule has 1 aliphatic rings. The number of carbonyl (C=O) groups is 2. The zero-order chi connectivity index (χ0) is 13.1. The molecule has 6 heteroatoms. The molecular formula is C11H17N3O3. The van der Waals surface area contributed by atoms with Crippen LogP contribution in [0.3, 0.4) is 0 Å². The minimum Gasteiger partial charge on any atom is -0.444 e. The Morgan fingerprint density at radius 2 is 2.29 bits per heavy atom. The molecule has 1 saturated heterocycles. The van der Waals surface area contributed by atoms with Gasteiger partial charge in [0.25, 0.3) is 0 Å². The van der Waals surface area contributed by atoms with Crippen LogP contribution in [-0.2, 0) is 9.53 Å². The fraction of sp³-hybridized carbons (Fsp3) is 0.727. The maximum absolute atomic E-state index is 11.7. The van der Waals surface area contributed by atoms with Gasteiger partial charge in [-0.05, 0) is 27.2 Å². The Kier molecular flexibility index (Phi) is 3.61. The quantitative estimate of drug-likeness (QED) is 0.741. The highest BCUT2D eigenvalue weighted by Gasteiger charge is 2.44. The van der Waals surface area contributed by atoms with Crippen LogP contribution in [0, 0.1) is 11.3 Å². The number of hydrogen-bond donors (Lipinski definition) is 2. The summed E-state index contributed by atoms with van der Waals surface area (Å²) >= 11 is 0. The zero-order valence-corrected chi connectivity index (χ0v) is 10.3. The van der Waals surface area contributed by atoms with E-state index in [1.54, 1.807) is 20.8 Å². The average molecular weight is 239 g/mol. The standard InChI is InChI=1S/C11H17N3O3/c1-10(2,3)17-9(16)14-11(4-6-12)5-7-13-8(11)15/h4-5,7H2,1-3H3,(H,13,15)(H,14,16)/t11-/m1/s1. The number of alkyl carbamates (subject to hydrolysis) is 1. The number of rotatable bonds is 2. The highest BCUT2D eigenvalue weighted by atomic mass is 16.6. The Balaban J connectivity index is 2.72. The summed E-state index contributed by atoms with van der Waals surface area (Å²) in [5.41, 5.74) is -1.77. The third-order valence-electron chi connectivity index (χ3n) is 2.39. The first-order chi connectivity index (χ1) is 7.79. The molecule has 0 aliphatic carbocycles. The van der Waals surface area contributed by atoms with Crippen molar-refractivity contribution in [3.8, 4) is 6.07 Å². The van der Waals surface area contributed by atoms with Crippen molar-refractivity contribution in [3.63, 3.8) is 0 Å². The lowest BCUT2D eigenvalue weighted by Crippen LogP contribution is -2.54. The molecule has 0 bridgehead atoms. The molecule has 1 heterocycles. The van der Waals surface area contributed by atoms with Crippen LogP contribution in [0.25, 0.3) is 0 Å². The minimum absolute atomic E-state index is 0.0575. The first-order valence-electron chi connectivity index (χ1n) is 5.45. The maximum Gasteiger partial charge on any atom is 0.408 e. The number of ether oxygens (including phenoxy) is 1. The molecule has 0 aromatic carbocycles. The molecule has 17 heavy (non-hydrogen) atoms. The summed E-state index contributed by atoms with van der Waals surface area (Å²) in [6.07, 6.45) is -0.332. The van der Waals surface area contributed by atoms with Gasteiger partial charge in [-0.25, -0.2) is 4.79 Å². The fourth-order valence-electron chi connectivity index (χ4n) is 1.64. The van der Waals surface area contributed by atoms with E-state index in [4.69, 9.17) is 10.00 Å². The van der Waals surface area contributed by atoms with Crippen LogP contribution in [0.5, 0.6) is 0 Å². The molecule has 1 fully saturated rings. The summed E-state index contributed by atoms with van der Waals surface area (Å²) in [6.45, 7) is 5.66. The molecule has 1 rings (SSSR count). The third kappa shape index (κ3) is 3.34. The van der Waals surface area contributed by atoms with Crippen molar-refractivity contribution in [1.82, 2.24) is 10.6 Å². The first-order valence-corrected chi connectivity index (χ1v) is 5.45. The average Bonchev–Trinajstić information content (AvgIpc) is 2.45. The predicted octanol–water partition coefficient (Wildman–Crippen LogP) is 0.683. The van der Waals surface area contributed by atoms with Gasteiger partial charge in [0.15, 0.2) is 0 Å². The fourth-order valence-corrected chi connectivity index (χ4v) is 1.64. The summed E-state index contributed by atoms with van der Waals surface area (Å²) in [7, 11) is 0. The molecule has 1 atom stereocenters. The van der Waals surface area contributed by atoms with Gasteiger partial charge in [-0.15, -0.1) is 0 Å². The van der Waals surface area contributed by atoms with Crippen LogP contribution in [0.2, 0.25) is 0 Å². The molecular weight excluding hydrogens is 222 g/mol. The third-order valence-corrected chi connectivity index (χ3v) is 2.39.